The van der Waals surface area contributed by atoms with Crippen molar-refractivity contribution in [2.45, 2.75) is 6.92 Å². The van der Waals surface area contributed by atoms with Crippen LogP contribution >= 0.6 is 0 Å². The zero-order valence-electron chi connectivity index (χ0n) is 11.6. The molecule has 3 N–H and O–H groups in total. The van der Waals surface area contributed by atoms with Crippen molar-refractivity contribution in [2.75, 3.05) is 12.0 Å². The third kappa shape index (κ3) is 4.31. The zero-order chi connectivity index (χ0) is 15.1. The lowest BCUT2D eigenvalue weighted by Crippen LogP contribution is -2.39. The van der Waals surface area contributed by atoms with Gasteiger partial charge in [-0.2, -0.15) is 0 Å². The summed E-state index contributed by atoms with van der Waals surface area (Å²) in [5.74, 6) is -0.292. The number of urea groups is 1. The summed E-state index contributed by atoms with van der Waals surface area (Å²) in [5, 5.41) is 7.85. The number of aryl methyl sites for hydroxylation is 1. The van der Waals surface area contributed by atoms with Gasteiger partial charge in [0.2, 0.25) is 0 Å². The van der Waals surface area contributed by atoms with E-state index < -0.39 is 0 Å². The van der Waals surface area contributed by atoms with E-state index in [0.29, 0.717) is 5.56 Å². The maximum atomic E-state index is 11.7. The quantitative estimate of drug-likeness (QED) is 0.750. The van der Waals surface area contributed by atoms with E-state index in [1.165, 1.54) is 6.20 Å². The van der Waals surface area contributed by atoms with Crippen LogP contribution in [-0.4, -0.2) is 23.6 Å². The van der Waals surface area contributed by atoms with Crippen molar-refractivity contribution in [3.05, 3.63) is 59.9 Å². The van der Waals surface area contributed by atoms with Gasteiger partial charge in [0.15, 0.2) is 0 Å². The molecule has 0 atom stereocenters. The Balaban J connectivity index is 1.77. The zero-order valence-corrected chi connectivity index (χ0v) is 11.6. The Morgan fingerprint density at radius 2 is 1.90 bits per heavy atom. The van der Waals surface area contributed by atoms with Gasteiger partial charge in [-0.25, -0.2) is 4.79 Å². The Bertz CT molecular complexity index is 629. The van der Waals surface area contributed by atoms with Gasteiger partial charge in [-0.3, -0.25) is 9.78 Å². The SMILES string of the molecule is Cc1ccccc1NC(=O)NCNC(=O)c1cccnc1. The van der Waals surface area contributed by atoms with Gasteiger partial charge in [-0.05, 0) is 30.7 Å². The first kappa shape index (κ1) is 14.5. The summed E-state index contributed by atoms with van der Waals surface area (Å²) in [4.78, 5) is 27.3. The highest BCUT2D eigenvalue weighted by molar-refractivity contribution is 5.94. The predicted octanol–water partition coefficient (Wildman–Crippen LogP) is 1.90. The number of nitrogens with zero attached hydrogens (tertiary/aromatic N) is 1. The van der Waals surface area contributed by atoms with Crippen LogP contribution in [0, 0.1) is 6.92 Å². The van der Waals surface area contributed by atoms with Crippen LogP contribution in [0.2, 0.25) is 0 Å². The van der Waals surface area contributed by atoms with Gasteiger partial charge < -0.3 is 16.0 Å². The van der Waals surface area contributed by atoms with Crippen LogP contribution in [0.25, 0.3) is 0 Å². The first-order valence-electron chi connectivity index (χ1n) is 6.45. The van der Waals surface area contributed by atoms with Crippen molar-refractivity contribution in [3.8, 4) is 0 Å². The first-order valence-corrected chi connectivity index (χ1v) is 6.45. The van der Waals surface area contributed by atoms with Crippen LogP contribution < -0.4 is 16.0 Å². The highest BCUT2D eigenvalue weighted by Gasteiger charge is 2.06. The van der Waals surface area contributed by atoms with Crippen LogP contribution in [-0.2, 0) is 0 Å². The molecule has 1 aromatic heterocycles. The van der Waals surface area contributed by atoms with E-state index in [1.54, 1.807) is 18.3 Å². The number of carbonyl (C=O) groups is 2. The van der Waals surface area contributed by atoms with E-state index >= 15 is 0 Å². The molecule has 0 spiro atoms. The van der Waals surface area contributed by atoms with Gasteiger partial charge >= 0.3 is 6.03 Å². The van der Waals surface area contributed by atoms with Crippen molar-refractivity contribution >= 4 is 17.6 Å². The number of anilines is 1. The predicted molar refractivity (Wildman–Crippen MR) is 79.9 cm³/mol. The van der Waals surface area contributed by atoms with Gasteiger partial charge in [0.25, 0.3) is 5.91 Å². The summed E-state index contributed by atoms with van der Waals surface area (Å²) < 4.78 is 0. The molecular weight excluding hydrogens is 268 g/mol. The molecule has 108 valence electrons. The summed E-state index contributed by atoms with van der Waals surface area (Å²) in [7, 11) is 0. The number of benzene rings is 1. The molecule has 6 nitrogen and oxygen atoms in total. The summed E-state index contributed by atoms with van der Waals surface area (Å²) in [6.07, 6.45) is 3.05. The fraction of sp³-hybridized carbons (Fsp3) is 0.133. The molecule has 0 radical (unpaired) electrons. The molecule has 0 bridgehead atoms. The molecule has 21 heavy (non-hydrogen) atoms. The fourth-order valence-corrected chi connectivity index (χ4v) is 1.68. The Hall–Kier alpha value is -2.89. The summed E-state index contributed by atoms with van der Waals surface area (Å²) in [6, 6.07) is 10.4. The van der Waals surface area contributed by atoms with E-state index in [-0.39, 0.29) is 18.6 Å². The molecular formula is C15H16N4O2. The number of rotatable bonds is 4. The Morgan fingerprint density at radius 3 is 2.62 bits per heavy atom. The van der Waals surface area contributed by atoms with Gasteiger partial charge in [0.1, 0.15) is 0 Å². The molecule has 0 aliphatic heterocycles. The molecule has 6 heteroatoms. The topological polar surface area (TPSA) is 83.1 Å². The molecule has 0 unspecified atom stereocenters. The van der Waals surface area contributed by atoms with Crippen LogP contribution in [0.5, 0.6) is 0 Å². The van der Waals surface area contributed by atoms with Crippen molar-refractivity contribution in [1.82, 2.24) is 15.6 Å². The fourth-order valence-electron chi connectivity index (χ4n) is 1.68. The Morgan fingerprint density at radius 1 is 1.10 bits per heavy atom. The third-order valence-electron chi connectivity index (χ3n) is 2.81. The van der Waals surface area contributed by atoms with Crippen LogP contribution in [0.1, 0.15) is 15.9 Å². The molecule has 0 fully saturated rings. The number of pyridine rings is 1. The lowest BCUT2D eigenvalue weighted by atomic mass is 10.2. The largest absolute Gasteiger partial charge is 0.335 e. The van der Waals surface area contributed by atoms with Crippen LogP contribution in [0.3, 0.4) is 0 Å². The molecule has 1 heterocycles. The normalized spacial score (nSPS) is 9.76. The minimum absolute atomic E-state index is 0.0332. The first-order chi connectivity index (χ1) is 10.2. The molecule has 3 amide bonds. The molecule has 0 saturated heterocycles. The van der Waals surface area contributed by atoms with E-state index in [0.717, 1.165) is 11.3 Å². The molecule has 0 saturated carbocycles. The minimum atomic E-state index is -0.379. The van der Waals surface area contributed by atoms with Gasteiger partial charge in [0, 0.05) is 18.1 Å². The lowest BCUT2D eigenvalue weighted by Gasteiger charge is -2.10. The molecule has 2 aromatic rings. The number of aromatic nitrogens is 1. The number of para-hydroxylation sites is 1. The Labute approximate surface area is 122 Å². The monoisotopic (exact) mass is 284 g/mol. The van der Waals surface area contributed by atoms with E-state index in [9.17, 15) is 9.59 Å². The Kier molecular flexibility index (Phi) is 4.87. The summed E-state index contributed by atoms with van der Waals surface area (Å²) in [6.45, 7) is 1.94. The van der Waals surface area contributed by atoms with Crippen molar-refractivity contribution < 1.29 is 9.59 Å². The maximum Gasteiger partial charge on any atom is 0.320 e. The number of carbonyl (C=O) groups excluding carboxylic acids is 2. The number of nitrogens with one attached hydrogen (secondary N) is 3. The second-order valence-corrected chi connectivity index (χ2v) is 4.37. The molecule has 1 aromatic carbocycles. The van der Waals surface area contributed by atoms with Crippen molar-refractivity contribution in [3.63, 3.8) is 0 Å². The van der Waals surface area contributed by atoms with Crippen LogP contribution in [0.4, 0.5) is 10.5 Å². The standard InChI is InChI=1S/C15H16N4O2/c1-11-5-2-3-7-13(11)19-15(21)18-10-17-14(20)12-6-4-8-16-9-12/h2-9H,10H2,1H3,(H,17,20)(H2,18,19,21). The second kappa shape index (κ2) is 7.04. The van der Waals surface area contributed by atoms with Gasteiger partial charge in [-0.1, -0.05) is 18.2 Å². The molecule has 0 aliphatic carbocycles. The summed E-state index contributed by atoms with van der Waals surface area (Å²) >= 11 is 0. The average Bonchev–Trinajstić information content (AvgIpc) is 2.50. The van der Waals surface area contributed by atoms with E-state index in [4.69, 9.17) is 0 Å². The minimum Gasteiger partial charge on any atom is -0.335 e. The van der Waals surface area contributed by atoms with Crippen LogP contribution in [0.15, 0.2) is 48.8 Å². The van der Waals surface area contributed by atoms with Crippen molar-refractivity contribution in [2.24, 2.45) is 0 Å². The van der Waals surface area contributed by atoms with Crippen molar-refractivity contribution in [1.29, 1.82) is 0 Å². The number of hydrogen-bond donors (Lipinski definition) is 3. The highest BCUT2D eigenvalue weighted by Crippen LogP contribution is 2.12. The highest BCUT2D eigenvalue weighted by atomic mass is 16.2. The maximum absolute atomic E-state index is 11.7. The average molecular weight is 284 g/mol. The number of amides is 3. The molecule has 2 rings (SSSR count). The van der Waals surface area contributed by atoms with E-state index in [2.05, 4.69) is 20.9 Å². The van der Waals surface area contributed by atoms with E-state index in [1.807, 2.05) is 31.2 Å². The number of hydrogen-bond acceptors (Lipinski definition) is 3. The molecule has 0 aliphatic rings. The van der Waals surface area contributed by atoms with Gasteiger partial charge in [0.05, 0.1) is 12.2 Å². The summed E-state index contributed by atoms with van der Waals surface area (Å²) in [5.41, 5.74) is 2.14. The smallest absolute Gasteiger partial charge is 0.320 e. The lowest BCUT2D eigenvalue weighted by molar-refractivity contribution is 0.0952. The second-order valence-electron chi connectivity index (χ2n) is 4.37. The van der Waals surface area contributed by atoms with Gasteiger partial charge in [-0.15, -0.1) is 0 Å². The third-order valence-corrected chi connectivity index (χ3v) is 2.81.